The summed E-state index contributed by atoms with van der Waals surface area (Å²) in [4.78, 5) is 15.0. The van der Waals surface area contributed by atoms with Gasteiger partial charge in [-0.1, -0.05) is 35.9 Å². The second kappa shape index (κ2) is 10.4. The van der Waals surface area contributed by atoms with Gasteiger partial charge in [-0.3, -0.25) is 0 Å². The van der Waals surface area contributed by atoms with Crippen LogP contribution in [0.4, 0.5) is 23.7 Å². The number of nitrogens with zero attached hydrogens (tertiary/aromatic N) is 3. The van der Waals surface area contributed by atoms with Gasteiger partial charge in [-0.25, -0.2) is 9.48 Å². The summed E-state index contributed by atoms with van der Waals surface area (Å²) in [5.74, 6) is 1.05. The number of hydrogen-bond donors (Lipinski definition) is 1. The van der Waals surface area contributed by atoms with Crippen LogP contribution >= 0.6 is 11.6 Å². The number of amides is 2. The molecule has 1 fully saturated rings. The van der Waals surface area contributed by atoms with E-state index in [1.54, 1.807) is 21.7 Å². The van der Waals surface area contributed by atoms with Crippen LogP contribution in [-0.2, 0) is 12.7 Å². The predicted molar refractivity (Wildman–Crippen MR) is 139 cm³/mol. The average Bonchev–Trinajstić information content (AvgIpc) is 3.68. The first-order valence-corrected chi connectivity index (χ1v) is 12.4. The van der Waals surface area contributed by atoms with Crippen LogP contribution in [0.3, 0.4) is 0 Å². The molecule has 0 bridgehead atoms. The Morgan fingerprint density at radius 1 is 1.08 bits per heavy atom. The van der Waals surface area contributed by atoms with Crippen LogP contribution in [0.5, 0.6) is 11.6 Å². The van der Waals surface area contributed by atoms with E-state index >= 15 is 0 Å². The Hall–Kier alpha value is -3.98. The number of nitrogens with one attached hydrogen (secondary N) is 1. The molecule has 0 radical (unpaired) electrons. The number of alkyl halides is 3. The van der Waals surface area contributed by atoms with Crippen molar-refractivity contribution in [2.24, 2.45) is 0 Å². The maximum absolute atomic E-state index is 13.3. The molecule has 0 aliphatic heterocycles. The molecule has 196 valence electrons. The Bertz CT molecular complexity index is 1430. The number of benzene rings is 3. The van der Waals surface area contributed by atoms with Gasteiger partial charge in [0.25, 0.3) is 0 Å². The van der Waals surface area contributed by atoms with Gasteiger partial charge >= 0.3 is 12.2 Å². The van der Waals surface area contributed by atoms with E-state index in [0.29, 0.717) is 33.6 Å². The van der Waals surface area contributed by atoms with Gasteiger partial charge in [-0.05, 0) is 74.4 Å². The molecule has 1 heterocycles. The lowest BCUT2D eigenvalue weighted by Crippen LogP contribution is -2.36. The van der Waals surface area contributed by atoms with E-state index < -0.39 is 17.8 Å². The van der Waals surface area contributed by atoms with Gasteiger partial charge in [-0.15, -0.1) is 0 Å². The molecule has 0 spiro atoms. The fourth-order valence-corrected chi connectivity index (χ4v) is 4.25. The zero-order valence-corrected chi connectivity index (χ0v) is 21.1. The number of anilines is 1. The number of ether oxygens (including phenoxy) is 1. The highest BCUT2D eigenvalue weighted by molar-refractivity contribution is 6.30. The number of halogens is 4. The molecule has 1 aromatic heterocycles. The Morgan fingerprint density at radius 3 is 2.42 bits per heavy atom. The molecule has 10 heteroatoms. The van der Waals surface area contributed by atoms with Crippen molar-refractivity contribution in [3.05, 3.63) is 101 Å². The average molecular weight is 541 g/mol. The zero-order chi connectivity index (χ0) is 26.9. The van der Waals surface area contributed by atoms with Crippen LogP contribution in [0.25, 0.3) is 5.69 Å². The summed E-state index contributed by atoms with van der Waals surface area (Å²) in [6.45, 7) is 2.04. The molecule has 6 nitrogen and oxygen atoms in total. The zero-order valence-electron chi connectivity index (χ0n) is 20.4. The fraction of sp³-hybridized carbons (Fsp3) is 0.214. The van der Waals surface area contributed by atoms with E-state index in [1.807, 2.05) is 49.4 Å². The smallest absolute Gasteiger partial charge is 0.416 e. The number of hydrogen-bond acceptors (Lipinski definition) is 3. The highest BCUT2D eigenvalue weighted by Gasteiger charge is 2.35. The molecule has 4 aromatic rings. The second-order valence-corrected chi connectivity index (χ2v) is 9.48. The molecular formula is C28H24ClF3N4O2. The van der Waals surface area contributed by atoms with Crippen LogP contribution in [0, 0.1) is 6.92 Å². The second-order valence-electron chi connectivity index (χ2n) is 9.04. The fourth-order valence-electron chi connectivity index (χ4n) is 4.07. The van der Waals surface area contributed by atoms with E-state index in [9.17, 15) is 18.0 Å². The van der Waals surface area contributed by atoms with E-state index in [4.69, 9.17) is 21.4 Å². The molecule has 0 saturated heterocycles. The molecule has 5 rings (SSSR count). The third-order valence-electron chi connectivity index (χ3n) is 6.19. The number of carbonyl (C=O) groups is 1. The molecular weight excluding hydrogens is 517 g/mol. The van der Waals surface area contributed by atoms with E-state index in [1.165, 1.54) is 12.1 Å². The van der Waals surface area contributed by atoms with Gasteiger partial charge in [0.05, 0.1) is 29.1 Å². The molecule has 1 saturated carbocycles. The lowest BCUT2D eigenvalue weighted by atomic mass is 10.2. The van der Waals surface area contributed by atoms with Gasteiger partial charge in [-0.2, -0.15) is 18.3 Å². The first-order chi connectivity index (χ1) is 18.2. The maximum atomic E-state index is 13.3. The Kier molecular flexibility index (Phi) is 7.03. The first-order valence-electron chi connectivity index (χ1n) is 12.0. The molecule has 1 aliphatic carbocycles. The largest absolute Gasteiger partial charge is 0.439 e. The van der Waals surface area contributed by atoms with Crippen LogP contribution in [-0.4, -0.2) is 26.8 Å². The first kappa shape index (κ1) is 25.7. The molecule has 1 N–H and O–H groups in total. The standard InChI is InChI=1S/C28H24ClF3N4O2/c1-18-25(17-35(22-14-15-22)27(37)33-21-12-10-19(11-13-21)28(30,31)32)26(38-24-8-3-2-4-9-24)36(34-18)23-7-5-6-20(29)16-23/h2-13,16,22H,14-15,17H2,1H3,(H,33,37). The molecule has 0 unspecified atom stereocenters. The molecule has 2 amide bonds. The quantitative estimate of drug-likeness (QED) is 0.260. The summed E-state index contributed by atoms with van der Waals surface area (Å²) >= 11 is 6.24. The minimum absolute atomic E-state index is 0.00273. The van der Waals surface area contributed by atoms with Crippen molar-refractivity contribution in [2.45, 2.75) is 38.5 Å². The van der Waals surface area contributed by atoms with Crippen molar-refractivity contribution >= 4 is 23.3 Å². The minimum atomic E-state index is -4.45. The number of aryl methyl sites for hydroxylation is 1. The Labute approximate surface area is 222 Å². The normalized spacial score (nSPS) is 13.3. The van der Waals surface area contributed by atoms with E-state index in [0.717, 1.165) is 25.0 Å². The summed E-state index contributed by atoms with van der Waals surface area (Å²) < 4.78 is 46.7. The van der Waals surface area contributed by atoms with Gasteiger partial charge in [0.1, 0.15) is 5.75 Å². The minimum Gasteiger partial charge on any atom is -0.439 e. The van der Waals surface area contributed by atoms with Crippen LogP contribution in [0.1, 0.15) is 29.7 Å². The summed E-state index contributed by atoms with van der Waals surface area (Å²) in [5.41, 5.74) is 1.58. The highest BCUT2D eigenvalue weighted by atomic mass is 35.5. The summed E-state index contributed by atoms with van der Waals surface area (Å²) in [6, 6.07) is 20.4. The number of urea groups is 1. The summed E-state index contributed by atoms with van der Waals surface area (Å²) in [5, 5.41) is 7.97. The monoisotopic (exact) mass is 540 g/mol. The van der Waals surface area contributed by atoms with E-state index in [2.05, 4.69) is 5.32 Å². The number of para-hydroxylation sites is 1. The van der Waals surface area contributed by atoms with Crippen molar-refractivity contribution in [2.75, 3.05) is 5.32 Å². The summed E-state index contributed by atoms with van der Waals surface area (Å²) in [7, 11) is 0. The Balaban J connectivity index is 1.45. The number of aromatic nitrogens is 2. The van der Waals surface area contributed by atoms with Crippen LogP contribution in [0.15, 0.2) is 78.9 Å². The van der Waals surface area contributed by atoms with Crippen LogP contribution in [0.2, 0.25) is 5.02 Å². The third-order valence-corrected chi connectivity index (χ3v) is 6.42. The number of carbonyl (C=O) groups excluding carboxylic acids is 1. The number of rotatable bonds is 7. The molecule has 3 aromatic carbocycles. The maximum Gasteiger partial charge on any atom is 0.416 e. The molecule has 0 atom stereocenters. The molecule has 38 heavy (non-hydrogen) atoms. The molecule has 1 aliphatic rings. The van der Waals surface area contributed by atoms with Gasteiger partial charge in [0, 0.05) is 16.8 Å². The van der Waals surface area contributed by atoms with Gasteiger partial charge in [0.15, 0.2) is 0 Å². The van der Waals surface area contributed by atoms with Crippen molar-refractivity contribution < 1.29 is 22.7 Å². The SMILES string of the molecule is Cc1nn(-c2cccc(Cl)c2)c(Oc2ccccc2)c1CN(C(=O)Nc1ccc(C(F)(F)F)cc1)C1CC1. The highest BCUT2D eigenvalue weighted by Crippen LogP contribution is 2.36. The van der Waals surface area contributed by atoms with Gasteiger partial charge in [0.2, 0.25) is 5.88 Å². The van der Waals surface area contributed by atoms with Crippen LogP contribution < -0.4 is 10.1 Å². The lowest BCUT2D eigenvalue weighted by molar-refractivity contribution is -0.137. The van der Waals surface area contributed by atoms with Crippen molar-refractivity contribution in [1.82, 2.24) is 14.7 Å². The Morgan fingerprint density at radius 2 is 1.79 bits per heavy atom. The van der Waals surface area contributed by atoms with Crippen molar-refractivity contribution in [3.8, 4) is 17.3 Å². The predicted octanol–water partition coefficient (Wildman–Crippen LogP) is 7.84. The van der Waals surface area contributed by atoms with E-state index in [-0.39, 0.29) is 18.3 Å². The topological polar surface area (TPSA) is 59.4 Å². The third kappa shape index (κ3) is 5.78. The van der Waals surface area contributed by atoms with Gasteiger partial charge < -0.3 is 15.0 Å². The van der Waals surface area contributed by atoms with Crippen molar-refractivity contribution in [1.29, 1.82) is 0 Å². The van der Waals surface area contributed by atoms with Crippen molar-refractivity contribution in [3.63, 3.8) is 0 Å². The lowest BCUT2D eigenvalue weighted by Gasteiger charge is -2.23. The summed E-state index contributed by atoms with van der Waals surface area (Å²) in [6.07, 6.45) is -2.79.